The van der Waals surface area contributed by atoms with Gasteiger partial charge in [0.25, 0.3) is 0 Å². The minimum absolute atomic E-state index is 0.205. The van der Waals surface area contributed by atoms with Gasteiger partial charge in [-0.3, -0.25) is 9.98 Å². The largest absolute Gasteiger partial charge is 0.497 e. The van der Waals surface area contributed by atoms with Gasteiger partial charge in [0.15, 0.2) is 0 Å². The SMILES string of the molecule is COc1cccc(COC(=O)C2=CSC3=NCN=CC3=C2)c1. The highest BCUT2D eigenvalue weighted by atomic mass is 32.2. The lowest BCUT2D eigenvalue weighted by Crippen LogP contribution is -2.13. The molecule has 0 atom stereocenters. The van der Waals surface area contributed by atoms with Crippen LogP contribution in [0.25, 0.3) is 0 Å². The molecule has 3 rings (SSSR count). The van der Waals surface area contributed by atoms with E-state index in [-0.39, 0.29) is 12.6 Å². The van der Waals surface area contributed by atoms with Crippen molar-refractivity contribution in [3.05, 3.63) is 52.5 Å². The molecule has 1 aromatic carbocycles. The lowest BCUT2D eigenvalue weighted by atomic mass is 10.2. The topological polar surface area (TPSA) is 60.2 Å². The van der Waals surface area contributed by atoms with Crippen molar-refractivity contribution in [2.24, 2.45) is 9.98 Å². The number of ether oxygens (including phenoxy) is 2. The van der Waals surface area contributed by atoms with Crippen molar-refractivity contribution in [3.63, 3.8) is 0 Å². The molecule has 0 unspecified atom stereocenters. The lowest BCUT2D eigenvalue weighted by Gasteiger charge is -2.14. The second-order valence-electron chi connectivity index (χ2n) is 4.63. The normalized spacial score (nSPS) is 16.1. The molecule has 2 aliphatic rings. The maximum atomic E-state index is 12.1. The van der Waals surface area contributed by atoms with E-state index in [9.17, 15) is 4.79 Å². The molecule has 112 valence electrons. The van der Waals surface area contributed by atoms with Crippen LogP contribution in [-0.2, 0) is 16.1 Å². The van der Waals surface area contributed by atoms with Crippen molar-refractivity contribution >= 4 is 29.0 Å². The van der Waals surface area contributed by atoms with Crippen LogP contribution in [0.5, 0.6) is 5.75 Å². The Hall–Kier alpha value is -2.34. The van der Waals surface area contributed by atoms with Gasteiger partial charge in [-0.15, -0.1) is 0 Å². The molecular weight excluding hydrogens is 300 g/mol. The first-order valence-corrected chi connectivity index (χ1v) is 7.57. The zero-order chi connectivity index (χ0) is 15.4. The van der Waals surface area contributed by atoms with Crippen LogP contribution in [0.2, 0.25) is 0 Å². The average molecular weight is 314 g/mol. The van der Waals surface area contributed by atoms with E-state index in [1.165, 1.54) is 11.8 Å². The van der Waals surface area contributed by atoms with Crippen LogP contribution in [0.15, 0.2) is 56.9 Å². The van der Waals surface area contributed by atoms with E-state index in [2.05, 4.69) is 9.98 Å². The molecule has 0 amide bonds. The van der Waals surface area contributed by atoms with Gasteiger partial charge in [0.2, 0.25) is 0 Å². The fraction of sp³-hybridized carbons (Fsp3) is 0.188. The summed E-state index contributed by atoms with van der Waals surface area (Å²) in [5.74, 6) is 0.378. The van der Waals surface area contributed by atoms with E-state index in [0.29, 0.717) is 12.2 Å². The van der Waals surface area contributed by atoms with Gasteiger partial charge in [-0.05, 0) is 29.2 Å². The molecule has 2 aliphatic heterocycles. The molecule has 2 heterocycles. The molecule has 0 fully saturated rings. The summed E-state index contributed by atoms with van der Waals surface area (Å²) in [5, 5.41) is 2.65. The first-order chi connectivity index (χ1) is 10.8. The summed E-state index contributed by atoms with van der Waals surface area (Å²) in [5.41, 5.74) is 2.24. The first kappa shape index (κ1) is 14.6. The number of benzene rings is 1. The Labute approximate surface area is 132 Å². The highest BCUT2D eigenvalue weighted by molar-refractivity contribution is 8.17. The van der Waals surface area contributed by atoms with E-state index in [1.807, 2.05) is 24.3 Å². The Balaban J connectivity index is 1.64. The van der Waals surface area contributed by atoms with Crippen LogP contribution in [-0.4, -0.2) is 31.0 Å². The maximum Gasteiger partial charge on any atom is 0.339 e. The number of fused-ring (bicyclic) bond motifs is 1. The summed E-state index contributed by atoms with van der Waals surface area (Å²) in [6.07, 6.45) is 3.49. The number of thioether (sulfide) groups is 1. The maximum absolute atomic E-state index is 12.1. The van der Waals surface area contributed by atoms with Crippen molar-refractivity contribution in [1.82, 2.24) is 0 Å². The Morgan fingerprint density at radius 3 is 3.18 bits per heavy atom. The Morgan fingerprint density at radius 1 is 1.41 bits per heavy atom. The van der Waals surface area contributed by atoms with Crippen LogP contribution in [0.4, 0.5) is 0 Å². The van der Waals surface area contributed by atoms with Gasteiger partial charge < -0.3 is 9.47 Å². The Kier molecular flexibility index (Phi) is 4.39. The monoisotopic (exact) mass is 314 g/mol. The second-order valence-corrected chi connectivity index (χ2v) is 5.49. The number of hydrogen-bond acceptors (Lipinski definition) is 6. The zero-order valence-electron chi connectivity index (χ0n) is 12.0. The van der Waals surface area contributed by atoms with Crippen molar-refractivity contribution in [2.75, 3.05) is 13.8 Å². The first-order valence-electron chi connectivity index (χ1n) is 6.69. The smallest absolute Gasteiger partial charge is 0.339 e. The summed E-state index contributed by atoms with van der Waals surface area (Å²) in [4.78, 5) is 20.5. The fourth-order valence-corrected chi connectivity index (χ4v) is 2.80. The molecule has 0 saturated heterocycles. The minimum Gasteiger partial charge on any atom is -0.497 e. The van der Waals surface area contributed by atoms with E-state index in [1.54, 1.807) is 24.8 Å². The molecule has 6 heteroatoms. The third-order valence-corrected chi connectivity index (χ3v) is 4.08. The number of carbonyl (C=O) groups excluding carboxylic acids is 1. The van der Waals surface area contributed by atoms with Crippen molar-refractivity contribution in [1.29, 1.82) is 0 Å². The number of aliphatic imine (C=N–C) groups is 2. The predicted octanol–water partition coefficient (Wildman–Crippen LogP) is 2.74. The van der Waals surface area contributed by atoms with Crippen LogP contribution in [0.1, 0.15) is 5.56 Å². The average Bonchev–Trinajstić information content (AvgIpc) is 2.59. The molecule has 0 saturated carbocycles. The predicted molar refractivity (Wildman–Crippen MR) is 87.3 cm³/mol. The van der Waals surface area contributed by atoms with Crippen LogP contribution in [0, 0.1) is 0 Å². The quantitative estimate of drug-likeness (QED) is 0.802. The van der Waals surface area contributed by atoms with Crippen LogP contribution in [0.3, 0.4) is 0 Å². The van der Waals surface area contributed by atoms with Gasteiger partial charge in [0.1, 0.15) is 24.1 Å². The van der Waals surface area contributed by atoms with Gasteiger partial charge >= 0.3 is 5.97 Å². The lowest BCUT2D eigenvalue weighted by molar-refractivity contribution is -0.139. The molecule has 5 nitrogen and oxygen atoms in total. The molecular formula is C16H14N2O3S. The zero-order valence-corrected chi connectivity index (χ0v) is 12.8. The van der Waals surface area contributed by atoms with Gasteiger partial charge in [0.05, 0.1) is 12.7 Å². The van der Waals surface area contributed by atoms with Gasteiger partial charge in [-0.1, -0.05) is 23.9 Å². The van der Waals surface area contributed by atoms with E-state index in [0.717, 1.165) is 21.9 Å². The minimum atomic E-state index is -0.360. The molecule has 0 spiro atoms. The summed E-state index contributed by atoms with van der Waals surface area (Å²) in [7, 11) is 1.60. The summed E-state index contributed by atoms with van der Waals surface area (Å²) in [6.45, 7) is 0.652. The number of rotatable bonds is 4. The van der Waals surface area contributed by atoms with Crippen molar-refractivity contribution in [3.8, 4) is 5.75 Å². The summed E-state index contributed by atoms with van der Waals surface area (Å²) in [6, 6.07) is 7.44. The number of hydrogen-bond donors (Lipinski definition) is 0. The van der Waals surface area contributed by atoms with Gasteiger partial charge in [0, 0.05) is 11.8 Å². The number of methoxy groups -OCH3 is 1. The Morgan fingerprint density at radius 2 is 2.32 bits per heavy atom. The number of carbonyl (C=O) groups is 1. The molecule has 0 N–H and O–H groups in total. The number of nitrogens with zero attached hydrogens (tertiary/aromatic N) is 2. The molecule has 0 aromatic heterocycles. The standard InChI is InChI=1S/C16H14N2O3S/c1-20-14-4-2-3-11(5-14)8-21-16(19)13-6-12-7-17-10-18-15(12)22-9-13/h2-7,9H,8,10H2,1H3. The van der Waals surface area contributed by atoms with E-state index < -0.39 is 0 Å². The third kappa shape index (κ3) is 3.28. The highest BCUT2D eigenvalue weighted by Crippen LogP contribution is 2.25. The third-order valence-electron chi connectivity index (χ3n) is 3.12. The fourth-order valence-electron chi connectivity index (χ4n) is 2.02. The Bertz CT molecular complexity index is 720. The second kappa shape index (κ2) is 6.62. The van der Waals surface area contributed by atoms with E-state index >= 15 is 0 Å². The molecule has 0 bridgehead atoms. The van der Waals surface area contributed by atoms with Gasteiger partial charge in [-0.2, -0.15) is 0 Å². The number of esters is 1. The molecule has 0 radical (unpaired) electrons. The van der Waals surface area contributed by atoms with Crippen LogP contribution < -0.4 is 4.74 Å². The van der Waals surface area contributed by atoms with Crippen LogP contribution >= 0.6 is 11.8 Å². The molecule has 0 aliphatic carbocycles. The highest BCUT2D eigenvalue weighted by Gasteiger charge is 2.19. The summed E-state index contributed by atoms with van der Waals surface area (Å²) < 4.78 is 10.5. The van der Waals surface area contributed by atoms with E-state index in [4.69, 9.17) is 9.47 Å². The molecule has 22 heavy (non-hydrogen) atoms. The van der Waals surface area contributed by atoms with Crippen molar-refractivity contribution < 1.29 is 14.3 Å². The summed E-state index contributed by atoms with van der Waals surface area (Å²) >= 11 is 1.42. The molecule has 1 aromatic rings. The van der Waals surface area contributed by atoms with Crippen molar-refractivity contribution in [2.45, 2.75) is 6.61 Å². The van der Waals surface area contributed by atoms with Gasteiger partial charge in [-0.25, -0.2) is 4.79 Å².